The minimum Gasteiger partial charge on any atom is -0.350 e. The van der Waals surface area contributed by atoms with Gasteiger partial charge in [0, 0.05) is 19.5 Å². The van der Waals surface area contributed by atoms with E-state index in [9.17, 15) is 9.18 Å². The summed E-state index contributed by atoms with van der Waals surface area (Å²) in [5.74, 6) is 0.0293. The van der Waals surface area contributed by atoms with Crippen molar-refractivity contribution >= 4 is 5.91 Å². The molecule has 0 aliphatic carbocycles. The molecule has 25 heavy (non-hydrogen) atoms. The highest BCUT2D eigenvalue weighted by Crippen LogP contribution is 2.16. The molecule has 8 heteroatoms. The number of tetrazole rings is 1. The molecule has 132 valence electrons. The van der Waals surface area contributed by atoms with Gasteiger partial charge in [0.05, 0.1) is 0 Å². The first kappa shape index (κ1) is 17.2. The average Bonchev–Trinajstić information content (AvgIpc) is 3.04. The predicted octanol–water partition coefficient (Wildman–Crippen LogP) is 0.940. The van der Waals surface area contributed by atoms with Crippen molar-refractivity contribution in [2.75, 3.05) is 19.6 Å². The minimum atomic E-state index is -0.626. The first-order valence-corrected chi connectivity index (χ1v) is 8.29. The number of carbonyl (C=O) groups is 1. The topological polar surface area (TPSA) is 84.7 Å². The maximum absolute atomic E-state index is 13.5. The minimum absolute atomic E-state index is 0.181. The lowest BCUT2D eigenvalue weighted by Gasteiger charge is -2.19. The number of aryl methyl sites for hydroxylation is 1. The van der Waals surface area contributed by atoms with Crippen LogP contribution in [0.5, 0.6) is 0 Å². The number of amides is 1. The molecule has 3 rings (SSSR count). The van der Waals surface area contributed by atoms with Crippen molar-refractivity contribution in [2.45, 2.75) is 25.8 Å². The van der Waals surface area contributed by atoms with Gasteiger partial charge < -0.3 is 10.6 Å². The summed E-state index contributed by atoms with van der Waals surface area (Å²) in [5, 5.41) is 17.6. The maximum Gasteiger partial charge on any atom is 0.245 e. The van der Waals surface area contributed by atoms with E-state index in [4.69, 9.17) is 0 Å². The molecule has 0 bridgehead atoms. The highest BCUT2D eigenvalue weighted by molar-refractivity contribution is 5.80. The fourth-order valence-corrected chi connectivity index (χ4v) is 2.85. The van der Waals surface area contributed by atoms with E-state index in [-0.39, 0.29) is 11.7 Å². The van der Waals surface area contributed by atoms with E-state index in [1.807, 2.05) is 0 Å². The number of benzene rings is 1. The zero-order valence-corrected chi connectivity index (χ0v) is 14.1. The quantitative estimate of drug-likeness (QED) is 0.762. The summed E-state index contributed by atoms with van der Waals surface area (Å²) in [6.07, 6.45) is 3.32. The lowest BCUT2D eigenvalue weighted by Crippen LogP contribution is -2.37. The molecular formula is C17H21FN6O. The Morgan fingerprint density at radius 3 is 3.04 bits per heavy atom. The lowest BCUT2D eigenvalue weighted by atomic mass is 10.0. The van der Waals surface area contributed by atoms with Crippen molar-refractivity contribution in [3.05, 3.63) is 53.1 Å². The van der Waals surface area contributed by atoms with Gasteiger partial charge in [-0.25, -0.2) is 9.07 Å². The normalized spacial score (nSPS) is 15.5. The molecule has 1 aliphatic heterocycles. The molecule has 1 amide bonds. The molecule has 0 saturated carbocycles. The van der Waals surface area contributed by atoms with Crippen molar-refractivity contribution in [1.29, 1.82) is 0 Å². The first-order valence-electron chi connectivity index (χ1n) is 8.29. The van der Waals surface area contributed by atoms with E-state index >= 15 is 0 Å². The fraction of sp³-hybridized carbons (Fsp3) is 0.412. The Kier molecular flexibility index (Phi) is 5.49. The van der Waals surface area contributed by atoms with Crippen LogP contribution in [-0.2, 0) is 11.2 Å². The maximum atomic E-state index is 13.5. The molecular weight excluding hydrogens is 323 g/mol. The zero-order chi connectivity index (χ0) is 17.6. The van der Waals surface area contributed by atoms with Crippen LogP contribution in [0.1, 0.15) is 23.9 Å². The number of hydrogen-bond donors (Lipinski definition) is 2. The second-order valence-corrected chi connectivity index (χ2v) is 6.05. The van der Waals surface area contributed by atoms with Gasteiger partial charge in [-0.3, -0.25) is 4.79 Å². The van der Waals surface area contributed by atoms with Gasteiger partial charge in [-0.15, -0.1) is 5.10 Å². The summed E-state index contributed by atoms with van der Waals surface area (Å²) >= 11 is 0. The number of nitrogens with one attached hydrogen (secondary N) is 2. The van der Waals surface area contributed by atoms with Gasteiger partial charge in [0.1, 0.15) is 17.7 Å². The molecule has 1 unspecified atom stereocenters. The third kappa shape index (κ3) is 4.48. The SMILES string of the molecule is Cc1nnnn1C(Cc1cccc(F)c1)C(=O)NCC1=CCNCC1. The van der Waals surface area contributed by atoms with Crippen molar-refractivity contribution in [3.8, 4) is 0 Å². The molecule has 2 heterocycles. The molecule has 2 N–H and O–H groups in total. The molecule has 0 fully saturated rings. The number of carbonyl (C=O) groups excluding carboxylic acids is 1. The van der Waals surface area contributed by atoms with Gasteiger partial charge in [0.2, 0.25) is 5.91 Å². The number of rotatable bonds is 6. The van der Waals surface area contributed by atoms with Crippen LogP contribution in [0, 0.1) is 12.7 Å². The van der Waals surface area contributed by atoms with E-state index in [1.54, 1.807) is 19.1 Å². The van der Waals surface area contributed by atoms with Gasteiger partial charge in [-0.05, 0) is 48.0 Å². The smallest absolute Gasteiger partial charge is 0.245 e. The summed E-state index contributed by atoms with van der Waals surface area (Å²) in [5.41, 5.74) is 1.92. The Bertz CT molecular complexity index is 772. The molecule has 0 saturated heterocycles. The van der Waals surface area contributed by atoms with Crippen LogP contribution in [0.2, 0.25) is 0 Å². The highest BCUT2D eigenvalue weighted by atomic mass is 19.1. The third-order valence-corrected chi connectivity index (χ3v) is 4.22. The van der Waals surface area contributed by atoms with E-state index in [0.29, 0.717) is 18.8 Å². The average molecular weight is 344 g/mol. The third-order valence-electron chi connectivity index (χ3n) is 4.22. The first-order chi connectivity index (χ1) is 12.1. The second-order valence-electron chi connectivity index (χ2n) is 6.05. The van der Waals surface area contributed by atoms with Crippen LogP contribution in [0.15, 0.2) is 35.9 Å². The summed E-state index contributed by atoms with van der Waals surface area (Å²) in [4.78, 5) is 12.8. The van der Waals surface area contributed by atoms with Crippen LogP contribution >= 0.6 is 0 Å². The Morgan fingerprint density at radius 2 is 2.36 bits per heavy atom. The number of halogens is 1. The lowest BCUT2D eigenvalue weighted by molar-refractivity contribution is -0.124. The molecule has 1 aromatic carbocycles. The molecule has 7 nitrogen and oxygen atoms in total. The van der Waals surface area contributed by atoms with Crippen LogP contribution in [0.3, 0.4) is 0 Å². The van der Waals surface area contributed by atoms with Gasteiger partial charge >= 0.3 is 0 Å². The van der Waals surface area contributed by atoms with E-state index in [0.717, 1.165) is 25.1 Å². The Morgan fingerprint density at radius 1 is 1.48 bits per heavy atom. The molecule has 2 aromatic rings. The van der Waals surface area contributed by atoms with Gasteiger partial charge in [0.25, 0.3) is 0 Å². The monoisotopic (exact) mass is 344 g/mol. The standard InChI is InChI=1S/C17H21FN6O/c1-12-21-22-23-24(12)16(10-14-3-2-4-15(18)9-14)17(25)20-11-13-5-7-19-8-6-13/h2-5,9,16,19H,6-8,10-11H2,1H3,(H,20,25). The predicted molar refractivity (Wildman–Crippen MR) is 90.3 cm³/mol. The number of nitrogens with zero attached hydrogens (tertiary/aromatic N) is 4. The van der Waals surface area contributed by atoms with E-state index < -0.39 is 6.04 Å². The van der Waals surface area contributed by atoms with Crippen molar-refractivity contribution in [3.63, 3.8) is 0 Å². The largest absolute Gasteiger partial charge is 0.350 e. The van der Waals surface area contributed by atoms with Crippen LogP contribution in [-0.4, -0.2) is 45.7 Å². The fourth-order valence-electron chi connectivity index (χ4n) is 2.85. The summed E-state index contributed by atoms with van der Waals surface area (Å²) in [6, 6.07) is 5.60. The molecule has 1 aliphatic rings. The molecule has 1 atom stereocenters. The van der Waals surface area contributed by atoms with E-state index in [1.165, 1.54) is 22.4 Å². The van der Waals surface area contributed by atoms with Crippen molar-refractivity contribution in [2.24, 2.45) is 0 Å². The molecule has 0 radical (unpaired) electrons. The number of aromatic nitrogens is 4. The van der Waals surface area contributed by atoms with Gasteiger partial charge in [0.15, 0.2) is 0 Å². The molecule has 0 spiro atoms. The summed E-state index contributed by atoms with van der Waals surface area (Å²) in [7, 11) is 0. The molecule has 1 aromatic heterocycles. The Labute approximate surface area is 145 Å². The van der Waals surface area contributed by atoms with Crippen LogP contribution < -0.4 is 10.6 Å². The van der Waals surface area contributed by atoms with Gasteiger partial charge in [-0.2, -0.15) is 0 Å². The second kappa shape index (κ2) is 7.98. The van der Waals surface area contributed by atoms with Crippen molar-refractivity contribution < 1.29 is 9.18 Å². The van der Waals surface area contributed by atoms with Crippen molar-refractivity contribution in [1.82, 2.24) is 30.8 Å². The highest BCUT2D eigenvalue weighted by Gasteiger charge is 2.24. The summed E-state index contributed by atoms with van der Waals surface area (Å²) in [6.45, 7) is 3.98. The Balaban J connectivity index is 1.75. The zero-order valence-electron chi connectivity index (χ0n) is 14.1. The van der Waals surface area contributed by atoms with Gasteiger partial charge in [-0.1, -0.05) is 23.8 Å². The van der Waals surface area contributed by atoms with Crippen LogP contribution in [0.25, 0.3) is 0 Å². The number of hydrogen-bond acceptors (Lipinski definition) is 5. The van der Waals surface area contributed by atoms with Crippen LogP contribution in [0.4, 0.5) is 4.39 Å². The van der Waals surface area contributed by atoms with E-state index in [2.05, 4.69) is 32.2 Å². The summed E-state index contributed by atoms with van der Waals surface area (Å²) < 4.78 is 15.0. The Hall–Kier alpha value is -2.61.